The Balaban J connectivity index is 2.12. The quantitative estimate of drug-likeness (QED) is 0.818. The molecule has 22 heavy (non-hydrogen) atoms. The molecule has 6 nitrogen and oxygen atoms in total. The molecule has 0 heterocycles. The Hall–Kier alpha value is -1.60. The van der Waals surface area contributed by atoms with Gasteiger partial charge in [0.1, 0.15) is 0 Å². The molecular weight excluding hydrogens is 330 g/mol. The molecule has 1 aromatic rings. The molecule has 0 aliphatic heterocycles. The molecule has 0 radical (unpaired) electrons. The van der Waals surface area contributed by atoms with Crippen molar-refractivity contribution in [3.63, 3.8) is 0 Å². The SMILES string of the molecule is C[C@@H](OC(=O)c1cc(S(C)(=O)=O)ccc1Cl)C(=O)NC1CC1. The molecule has 1 amide bonds. The third-order valence-corrected chi connectivity index (χ3v) is 4.60. The average molecular weight is 346 g/mol. The van der Waals surface area contributed by atoms with Crippen LogP contribution in [-0.4, -0.2) is 38.7 Å². The summed E-state index contributed by atoms with van der Waals surface area (Å²) < 4.78 is 28.1. The molecule has 1 fully saturated rings. The third kappa shape index (κ3) is 4.20. The van der Waals surface area contributed by atoms with Crippen molar-refractivity contribution in [3.8, 4) is 0 Å². The number of nitrogens with one attached hydrogen (secondary N) is 1. The maximum Gasteiger partial charge on any atom is 0.340 e. The molecule has 0 aromatic heterocycles. The van der Waals surface area contributed by atoms with Gasteiger partial charge < -0.3 is 10.1 Å². The van der Waals surface area contributed by atoms with Crippen molar-refractivity contribution in [2.75, 3.05) is 6.26 Å². The monoisotopic (exact) mass is 345 g/mol. The number of hydrogen-bond donors (Lipinski definition) is 1. The summed E-state index contributed by atoms with van der Waals surface area (Å²) in [6.45, 7) is 1.45. The van der Waals surface area contributed by atoms with E-state index in [1.165, 1.54) is 19.1 Å². The number of benzene rings is 1. The first-order valence-electron chi connectivity index (χ1n) is 6.69. The minimum Gasteiger partial charge on any atom is -0.449 e. The number of hydrogen-bond acceptors (Lipinski definition) is 5. The van der Waals surface area contributed by atoms with Crippen LogP contribution < -0.4 is 5.32 Å². The summed E-state index contributed by atoms with van der Waals surface area (Å²) in [5, 5.41) is 2.78. The molecule has 1 aliphatic carbocycles. The molecule has 1 aromatic carbocycles. The number of esters is 1. The number of carbonyl (C=O) groups excluding carboxylic acids is 2. The van der Waals surface area contributed by atoms with E-state index in [1.807, 2.05) is 0 Å². The Morgan fingerprint density at radius 2 is 2.00 bits per heavy atom. The van der Waals surface area contributed by atoms with Gasteiger partial charge in [0.15, 0.2) is 15.9 Å². The van der Waals surface area contributed by atoms with Crippen LogP contribution in [0.1, 0.15) is 30.1 Å². The second-order valence-electron chi connectivity index (χ2n) is 5.24. The van der Waals surface area contributed by atoms with Crippen molar-refractivity contribution in [3.05, 3.63) is 28.8 Å². The summed E-state index contributed by atoms with van der Waals surface area (Å²) in [6, 6.07) is 3.91. The van der Waals surface area contributed by atoms with Crippen LogP contribution in [0.3, 0.4) is 0 Å². The lowest BCUT2D eigenvalue weighted by Crippen LogP contribution is -2.37. The van der Waals surface area contributed by atoms with Gasteiger partial charge in [0.2, 0.25) is 0 Å². The Bertz CT molecular complexity index is 712. The molecule has 1 saturated carbocycles. The zero-order valence-electron chi connectivity index (χ0n) is 12.1. The summed E-state index contributed by atoms with van der Waals surface area (Å²) >= 11 is 5.90. The number of ether oxygens (including phenoxy) is 1. The van der Waals surface area contributed by atoms with Gasteiger partial charge in [-0.3, -0.25) is 4.79 Å². The highest BCUT2D eigenvalue weighted by molar-refractivity contribution is 7.90. The van der Waals surface area contributed by atoms with Crippen molar-refractivity contribution >= 4 is 33.3 Å². The lowest BCUT2D eigenvalue weighted by molar-refractivity contribution is -0.129. The van der Waals surface area contributed by atoms with E-state index in [2.05, 4.69) is 5.32 Å². The Labute approximate surface area is 133 Å². The minimum atomic E-state index is -3.47. The maximum absolute atomic E-state index is 12.1. The van der Waals surface area contributed by atoms with Gasteiger partial charge in [-0.05, 0) is 38.0 Å². The predicted octanol–water partition coefficient (Wildman–Crippen LogP) is 1.57. The maximum atomic E-state index is 12.1. The van der Waals surface area contributed by atoms with Crippen LogP contribution in [0, 0.1) is 0 Å². The number of halogens is 1. The fraction of sp³-hybridized carbons (Fsp3) is 0.429. The minimum absolute atomic E-state index is 0.0427. The second kappa shape index (κ2) is 6.26. The first-order valence-corrected chi connectivity index (χ1v) is 8.96. The van der Waals surface area contributed by atoms with Crippen molar-refractivity contribution in [2.45, 2.75) is 36.8 Å². The average Bonchev–Trinajstić information content (AvgIpc) is 3.21. The molecular formula is C14H16ClNO5S. The predicted molar refractivity (Wildman–Crippen MR) is 80.6 cm³/mol. The van der Waals surface area contributed by atoms with Gasteiger partial charge in [-0.2, -0.15) is 0 Å². The topological polar surface area (TPSA) is 89.5 Å². The largest absolute Gasteiger partial charge is 0.449 e. The molecule has 2 rings (SSSR count). The first-order chi connectivity index (χ1) is 10.2. The van der Waals surface area contributed by atoms with E-state index in [-0.39, 0.29) is 27.4 Å². The van der Waals surface area contributed by atoms with E-state index in [0.29, 0.717) is 0 Å². The molecule has 8 heteroatoms. The normalized spacial score (nSPS) is 16.0. The second-order valence-corrected chi connectivity index (χ2v) is 7.67. The highest BCUT2D eigenvalue weighted by Gasteiger charge is 2.28. The number of amides is 1. The molecule has 1 aliphatic rings. The molecule has 0 bridgehead atoms. The highest BCUT2D eigenvalue weighted by Crippen LogP contribution is 2.22. The number of sulfone groups is 1. The van der Waals surface area contributed by atoms with Gasteiger partial charge in [0.25, 0.3) is 5.91 Å². The van der Waals surface area contributed by atoms with Gasteiger partial charge in [0, 0.05) is 12.3 Å². The third-order valence-electron chi connectivity index (χ3n) is 3.16. The molecule has 0 saturated heterocycles. The van der Waals surface area contributed by atoms with Crippen LogP contribution in [0.4, 0.5) is 0 Å². The number of rotatable bonds is 5. The standard InChI is InChI=1S/C14H16ClNO5S/c1-8(13(17)16-9-3-4-9)21-14(18)11-7-10(22(2,19)20)5-6-12(11)15/h5-9H,3-4H2,1-2H3,(H,16,17)/t8-/m1/s1. The van der Waals surface area contributed by atoms with Crippen molar-refractivity contribution in [1.29, 1.82) is 0 Å². The zero-order chi connectivity index (χ0) is 16.5. The smallest absolute Gasteiger partial charge is 0.340 e. The fourth-order valence-corrected chi connectivity index (χ4v) is 2.56. The van der Waals surface area contributed by atoms with Gasteiger partial charge in [-0.1, -0.05) is 11.6 Å². The van der Waals surface area contributed by atoms with Crippen LogP contribution in [0.5, 0.6) is 0 Å². The highest BCUT2D eigenvalue weighted by atomic mass is 35.5. The molecule has 1 atom stereocenters. The Morgan fingerprint density at radius 1 is 1.36 bits per heavy atom. The molecule has 1 N–H and O–H groups in total. The van der Waals surface area contributed by atoms with E-state index in [9.17, 15) is 18.0 Å². The summed E-state index contributed by atoms with van der Waals surface area (Å²) in [7, 11) is -3.47. The van der Waals surface area contributed by atoms with Gasteiger partial charge in [-0.15, -0.1) is 0 Å². The molecule has 0 unspecified atom stereocenters. The Kier molecular flexibility index (Phi) is 4.77. The van der Waals surface area contributed by atoms with Crippen molar-refractivity contribution < 1.29 is 22.7 Å². The van der Waals surface area contributed by atoms with Gasteiger partial charge in [-0.25, -0.2) is 13.2 Å². The van der Waals surface area contributed by atoms with E-state index in [1.54, 1.807) is 0 Å². The first kappa shape index (κ1) is 16.8. The van der Waals surface area contributed by atoms with E-state index in [4.69, 9.17) is 16.3 Å². The summed E-state index contributed by atoms with van der Waals surface area (Å²) in [5.74, 6) is -1.22. The van der Waals surface area contributed by atoms with E-state index >= 15 is 0 Å². The summed E-state index contributed by atoms with van der Waals surface area (Å²) in [4.78, 5) is 23.8. The zero-order valence-corrected chi connectivity index (χ0v) is 13.7. The number of carbonyl (C=O) groups is 2. The van der Waals surface area contributed by atoms with Crippen LogP contribution in [-0.2, 0) is 19.4 Å². The summed E-state index contributed by atoms with van der Waals surface area (Å²) in [6.07, 6.45) is 1.89. The Morgan fingerprint density at radius 3 is 2.55 bits per heavy atom. The lowest BCUT2D eigenvalue weighted by atomic mass is 10.2. The van der Waals surface area contributed by atoms with Crippen LogP contribution >= 0.6 is 11.6 Å². The van der Waals surface area contributed by atoms with E-state index < -0.39 is 21.9 Å². The van der Waals surface area contributed by atoms with Crippen LogP contribution in [0.15, 0.2) is 23.1 Å². The van der Waals surface area contributed by atoms with Crippen molar-refractivity contribution in [1.82, 2.24) is 5.32 Å². The van der Waals surface area contributed by atoms with Gasteiger partial charge in [0.05, 0.1) is 15.5 Å². The van der Waals surface area contributed by atoms with Gasteiger partial charge >= 0.3 is 5.97 Å². The lowest BCUT2D eigenvalue weighted by Gasteiger charge is -2.14. The van der Waals surface area contributed by atoms with E-state index in [0.717, 1.165) is 25.2 Å². The fourth-order valence-electron chi connectivity index (χ4n) is 1.72. The van der Waals surface area contributed by atoms with Crippen LogP contribution in [0.25, 0.3) is 0 Å². The summed E-state index contributed by atoms with van der Waals surface area (Å²) in [5.41, 5.74) is -0.0873. The molecule has 120 valence electrons. The van der Waals surface area contributed by atoms with Crippen molar-refractivity contribution in [2.24, 2.45) is 0 Å². The van der Waals surface area contributed by atoms with Crippen LogP contribution in [0.2, 0.25) is 5.02 Å². The molecule has 0 spiro atoms.